The lowest BCUT2D eigenvalue weighted by atomic mass is 10.2. The summed E-state index contributed by atoms with van der Waals surface area (Å²) in [5.41, 5.74) is 0. The van der Waals surface area contributed by atoms with E-state index >= 15 is 0 Å². The van der Waals surface area contributed by atoms with E-state index in [1.807, 2.05) is 11.3 Å². The Bertz CT molecular complexity index is 317. The molecule has 0 aromatic carbocycles. The average molecular weight is 266 g/mol. The van der Waals surface area contributed by atoms with Crippen molar-refractivity contribution in [1.82, 2.24) is 10.2 Å². The third-order valence-corrected chi connectivity index (χ3v) is 5.04. The second-order valence-electron chi connectivity index (χ2n) is 5.55. The molecule has 2 rings (SSSR count). The summed E-state index contributed by atoms with van der Waals surface area (Å²) in [6.45, 7) is 4.62. The van der Waals surface area contributed by atoms with E-state index < -0.39 is 0 Å². The minimum atomic E-state index is 0.630. The lowest BCUT2D eigenvalue weighted by Gasteiger charge is -2.26. The standard InChI is InChI=1S/C15H26N2S/c1-13(12-16-14-6-3-4-7-14)17(2)10-9-15-8-5-11-18-15/h5,8,11,13-14,16H,3-4,6-7,9-10,12H2,1-2H3. The van der Waals surface area contributed by atoms with Crippen LogP contribution in [0.3, 0.4) is 0 Å². The maximum Gasteiger partial charge on any atom is 0.0189 e. The van der Waals surface area contributed by atoms with E-state index in [1.165, 1.54) is 37.0 Å². The Hall–Kier alpha value is -0.380. The third kappa shape index (κ3) is 4.38. The normalized spacial score (nSPS) is 18.6. The lowest BCUT2D eigenvalue weighted by molar-refractivity contribution is 0.248. The van der Waals surface area contributed by atoms with Crippen LogP contribution in [0.4, 0.5) is 0 Å². The molecule has 3 heteroatoms. The largest absolute Gasteiger partial charge is 0.312 e. The van der Waals surface area contributed by atoms with Gasteiger partial charge in [0.25, 0.3) is 0 Å². The van der Waals surface area contributed by atoms with Gasteiger partial charge in [-0.25, -0.2) is 0 Å². The number of nitrogens with one attached hydrogen (secondary N) is 1. The fraction of sp³-hybridized carbons (Fsp3) is 0.733. The van der Waals surface area contributed by atoms with Crippen LogP contribution in [-0.2, 0) is 6.42 Å². The fourth-order valence-electron chi connectivity index (χ4n) is 2.58. The van der Waals surface area contributed by atoms with Crippen LogP contribution in [-0.4, -0.2) is 37.1 Å². The second kappa shape index (κ2) is 7.27. The molecule has 1 unspecified atom stereocenters. The molecule has 18 heavy (non-hydrogen) atoms. The molecule has 0 amide bonds. The number of nitrogens with zero attached hydrogens (tertiary/aromatic N) is 1. The number of likely N-dealkylation sites (N-methyl/N-ethyl adjacent to an activating group) is 1. The maximum atomic E-state index is 3.72. The first-order valence-corrected chi connectivity index (χ1v) is 8.09. The molecule has 0 radical (unpaired) electrons. The number of rotatable bonds is 7. The van der Waals surface area contributed by atoms with Crippen LogP contribution in [0, 0.1) is 0 Å². The first kappa shape index (κ1) is 14.0. The minimum Gasteiger partial charge on any atom is -0.312 e. The second-order valence-corrected chi connectivity index (χ2v) is 6.58. The van der Waals surface area contributed by atoms with Crippen LogP contribution in [0.15, 0.2) is 17.5 Å². The van der Waals surface area contributed by atoms with Gasteiger partial charge in [-0.2, -0.15) is 0 Å². The van der Waals surface area contributed by atoms with Crippen LogP contribution in [0.1, 0.15) is 37.5 Å². The molecule has 1 atom stereocenters. The first-order chi connectivity index (χ1) is 8.75. The monoisotopic (exact) mass is 266 g/mol. The van der Waals surface area contributed by atoms with Crippen molar-refractivity contribution in [3.63, 3.8) is 0 Å². The highest BCUT2D eigenvalue weighted by Crippen LogP contribution is 2.17. The van der Waals surface area contributed by atoms with Crippen molar-refractivity contribution in [1.29, 1.82) is 0 Å². The summed E-state index contributed by atoms with van der Waals surface area (Å²) in [5.74, 6) is 0. The van der Waals surface area contributed by atoms with Crippen LogP contribution >= 0.6 is 11.3 Å². The topological polar surface area (TPSA) is 15.3 Å². The third-order valence-electron chi connectivity index (χ3n) is 4.10. The molecular formula is C15H26N2S. The predicted molar refractivity (Wildman–Crippen MR) is 80.4 cm³/mol. The van der Waals surface area contributed by atoms with Gasteiger partial charge in [0.2, 0.25) is 0 Å². The van der Waals surface area contributed by atoms with Gasteiger partial charge in [-0.15, -0.1) is 11.3 Å². The van der Waals surface area contributed by atoms with E-state index in [2.05, 4.69) is 41.7 Å². The Morgan fingerprint density at radius 1 is 1.44 bits per heavy atom. The van der Waals surface area contributed by atoms with Crippen molar-refractivity contribution in [3.8, 4) is 0 Å². The van der Waals surface area contributed by atoms with E-state index in [0.717, 1.165) is 19.1 Å². The molecule has 0 saturated heterocycles. The fourth-order valence-corrected chi connectivity index (χ4v) is 3.28. The highest BCUT2D eigenvalue weighted by atomic mass is 32.1. The molecule has 1 aromatic heterocycles. The minimum absolute atomic E-state index is 0.630. The predicted octanol–water partition coefficient (Wildman–Crippen LogP) is 3.14. The zero-order valence-corrected chi connectivity index (χ0v) is 12.5. The summed E-state index contributed by atoms with van der Waals surface area (Å²) < 4.78 is 0. The molecule has 0 aliphatic heterocycles. The van der Waals surface area contributed by atoms with Gasteiger partial charge in [-0.1, -0.05) is 18.9 Å². The smallest absolute Gasteiger partial charge is 0.0189 e. The summed E-state index contributed by atoms with van der Waals surface area (Å²) in [4.78, 5) is 3.97. The van der Waals surface area contributed by atoms with Gasteiger partial charge in [-0.05, 0) is 44.7 Å². The Balaban J connectivity index is 1.62. The van der Waals surface area contributed by atoms with Crippen LogP contribution in [0.2, 0.25) is 0 Å². The molecule has 1 heterocycles. The van der Waals surface area contributed by atoms with Gasteiger partial charge in [0, 0.05) is 30.1 Å². The molecule has 1 fully saturated rings. The van der Waals surface area contributed by atoms with Gasteiger partial charge < -0.3 is 10.2 Å². The molecular weight excluding hydrogens is 240 g/mol. The van der Waals surface area contributed by atoms with Crippen LogP contribution in [0.5, 0.6) is 0 Å². The Morgan fingerprint density at radius 2 is 2.22 bits per heavy atom. The van der Waals surface area contributed by atoms with E-state index in [9.17, 15) is 0 Å². The van der Waals surface area contributed by atoms with E-state index in [4.69, 9.17) is 0 Å². The highest BCUT2D eigenvalue weighted by molar-refractivity contribution is 7.09. The molecule has 1 aliphatic carbocycles. The number of hydrogen-bond acceptors (Lipinski definition) is 3. The van der Waals surface area contributed by atoms with Crippen molar-refractivity contribution in [2.24, 2.45) is 0 Å². The summed E-state index contributed by atoms with van der Waals surface area (Å²) in [5, 5.41) is 5.88. The summed E-state index contributed by atoms with van der Waals surface area (Å²) in [7, 11) is 2.24. The van der Waals surface area contributed by atoms with Gasteiger partial charge in [-0.3, -0.25) is 0 Å². The first-order valence-electron chi connectivity index (χ1n) is 7.21. The van der Waals surface area contributed by atoms with E-state index in [0.29, 0.717) is 6.04 Å². The van der Waals surface area contributed by atoms with Gasteiger partial charge in [0.1, 0.15) is 0 Å². The summed E-state index contributed by atoms with van der Waals surface area (Å²) in [6, 6.07) is 5.80. The SMILES string of the molecule is CC(CNC1CCCC1)N(C)CCc1cccs1. The maximum absolute atomic E-state index is 3.72. The number of thiophene rings is 1. The van der Waals surface area contributed by atoms with Gasteiger partial charge >= 0.3 is 0 Å². The summed E-state index contributed by atoms with van der Waals surface area (Å²) >= 11 is 1.87. The molecule has 102 valence electrons. The Morgan fingerprint density at radius 3 is 2.89 bits per heavy atom. The molecule has 1 aliphatic rings. The zero-order chi connectivity index (χ0) is 12.8. The van der Waals surface area contributed by atoms with Crippen molar-refractivity contribution >= 4 is 11.3 Å². The zero-order valence-electron chi connectivity index (χ0n) is 11.7. The highest BCUT2D eigenvalue weighted by Gasteiger charge is 2.16. The summed E-state index contributed by atoms with van der Waals surface area (Å²) in [6.07, 6.45) is 6.78. The van der Waals surface area contributed by atoms with Crippen molar-refractivity contribution in [2.75, 3.05) is 20.1 Å². The molecule has 2 nitrogen and oxygen atoms in total. The molecule has 0 spiro atoms. The van der Waals surface area contributed by atoms with Gasteiger partial charge in [0.15, 0.2) is 0 Å². The molecule has 1 N–H and O–H groups in total. The van der Waals surface area contributed by atoms with Crippen molar-refractivity contribution in [3.05, 3.63) is 22.4 Å². The van der Waals surface area contributed by atoms with Crippen LogP contribution in [0.25, 0.3) is 0 Å². The van der Waals surface area contributed by atoms with E-state index in [-0.39, 0.29) is 0 Å². The van der Waals surface area contributed by atoms with Crippen LogP contribution < -0.4 is 5.32 Å². The lowest BCUT2D eigenvalue weighted by Crippen LogP contribution is -2.41. The number of hydrogen-bond donors (Lipinski definition) is 1. The molecule has 1 aromatic rings. The Labute approximate surface area is 115 Å². The average Bonchev–Trinajstić information content (AvgIpc) is 3.05. The van der Waals surface area contributed by atoms with Crippen molar-refractivity contribution < 1.29 is 0 Å². The Kier molecular flexibility index (Phi) is 5.67. The molecule has 0 bridgehead atoms. The quantitative estimate of drug-likeness (QED) is 0.815. The van der Waals surface area contributed by atoms with E-state index in [1.54, 1.807) is 0 Å². The van der Waals surface area contributed by atoms with Crippen molar-refractivity contribution in [2.45, 2.75) is 51.1 Å². The van der Waals surface area contributed by atoms with Gasteiger partial charge in [0.05, 0.1) is 0 Å². The molecule has 1 saturated carbocycles.